The first-order chi connectivity index (χ1) is 11.7. The van der Waals surface area contributed by atoms with Crippen molar-refractivity contribution in [3.8, 4) is 0 Å². The van der Waals surface area contributed by atoms with Gasteiger partial charge in [0.2, 0.25) is 0 Å². The molecule has 1 fully saturated rings. The van der Waals surface area contributed by atoms with Crippen molar-refractivity contribution in [2.45, 2.75) is 32.0 Å². The van der Waals surface area contributed by atoms with Crippen LogP contribution >= 0.6 is 0 Å². The van der Waals surface area contributed by atoms with Crippen molar-refractivity contribution in [3.63, 3.8) is 0 Å². The lowest BCUT2D eigenvalue weighted by Gasteiger charge is -2.22. The van der Waals surface area contributed by atoms with Gasteiger partial charge in [-0.15, -0.1) is 10.2 Å². The summed E-state index contributed by atoms with van der Waals surface area (Å²) in [6.07, 6.45) is 5.01. The molecule has 7 heteroatoms. The summed E-state index contributed by atoms with van der Waals surface area (Å²) in [5, 5.41) is 8.34. The number of hydrogen-bond donors (Lipinski definition) is 0. The van der Waals surface area contributed by atoms with E-state index in [0.29, 0.717) is 0 Å². The van der Waals surface area contributed by atoms with Crippen LogP contribution in [0.25, 0.3) is 5.65 Å². The predicted octanol–water partition coefficient (Wildman–Crippen LogP) is 1.73. The summed E-state index contributed by atoms with van der Waals surface area (Å²) in [4.78, 5) is 7.15. The summed E-state index contributed by atoms with van der Waals surface area (Å²) in [5.41, 5.74) is 3.24. The molecule has 7 nitrogen and oxygen atoms in total. The predicted molar refractivity (Wildman–Crippen MR) is 89.5 cm³/mol. The first-order valence-corrected chi connectivity index (χ1v) is 8.20. The lowest BCUT2D eigenvalue weighted by atomic mass is 10.2. The summed E-state index contributed by atoms with van der Waals surface area (Å²) in [6, 6.07) is 6.38. The second-order valence-corrected chi connectivity index (χ2v) is 6.47. The first kappa shape index (κ1) is 15.3. The highest BCUT2D eigenvalue weighted by Crippen LogP contribution is 2.33. The van der Waals surface area contributed by atoms with Gasteiger partial charge in [0.05, 0.1) is 17.8 Å². The number of fused-ring (bicyclic) bond motifs is 1. The average Bonchev–Trinajstić information content (AvgIpc) is 3.26. The third-order valence-electron chi connectivity index (χ3n) is 4.85. The van der Waals surface area contributed by atoms with Gasteiger partial charge in [-0.1, -0.05) is 6.07 Å². The van der Waals surface area contributed by atoms with Crippen LogP contribution < -0.4 is 0 Å². The minimum Gasteiger partial charge on any atom is -0.380 e. The monoisotopic (exact) mass is 326 g/mol. The number of imidazole rings is 1. The summed E-state index contributed by atoms with van der Waals surface area (Å²) in [6.45, 7) is 3.75. The number of ether oxygens (including phenoxy) is 1. The molecule has 0 N–H and O–H groups in total. The molecular formula is C17H22N6O. The summed E-state index contributed by atoms with van der Waals surface area (Å²) >= 11 is 0. The number of pyridine rings is 1. The second-order valence-electron chi connectivity index (χ2n) is 6.47. The van der Waals surface area contributed by atoms with Crippen molar-refractivity contribution < 1.29 is 4.74 Å². The standard InChI is InChI=1S/C17H22N6O/c1-12-5-4-6-16-19-13(9-23(12)16)8-22-10-14(24-3)7-15(22)17-20-18-11-21(17)2/h4-6,9,11,14-15H,7-8,10H2,1-3H3/t14-,15+/m1/s1. The fourth-order valence-electron chi connectivity index (χ4n) is 3.55. The highest BCUT2D eigenvalue weighted by atomic mass is 16.5. The topological polar surface area (TPSA) is 60.5 Å². The minimum atomic E-state index is 0.202. The van der Waals surface area contributed by atoms with Gasteiger partial charge in [0.15, 0.2) is 0 Å². The molecule has 1 aliphatic heterocycles. The van der Waals surface area contributed by atoms with E-state index in [2.05, 4.69) is 38.7 Å². The Morgan fingerprint density at radius 2 is 2.21 bits per heavy atom. The Morgan fingerprint density at radius 3 is 2.92 bits per heavy atom. The molecule has 1 saturated heterocycles. The van der Waals surface area contributed by atoms with Crippen LogP contribution in [0.2, 0.25) is 0 Å². The molecular weight excluding hydrogens is 304 g/mol. The average molecular weight is 326 g/mol. The van der Waals surface area contributed by atoms with E-state index in [4.69, 9.17) is 9.72 Å². The van der Waals surface area contributed by atoms with Gasteiger partial charge in [-0.05, 0) is 25.5 Å². The number of hydrogen-bond acceptors (Lipinski definition) is 5. The highest BCUT2D eigenvalue weighted by molar-refractivity contribution is 5.41. The van der Waals surface area contributed by atoms with Gasteiger partial charge in [0, 0.05) is 39.1 Å². The van der Waals surface area contributed by atoms with Crippen molar-refractivity contribution in [1.29, 1.82) is 0 Å². The Balaban J connectivity index is 1.63. The van der Waals surface area contributed by atoms with Gasteiger partial charge in [0.25, 0.3) is 0 Å². The molecule has 0 saturated carbocycles. The lowest BCUT2D eigenvalue weighted by molar-refractivity contribution is 0.107. The van der Waals surface area contributed by atoms with Crippen molar-refractivity contribution in [3.05, 3.63) is 47.9 Å². The zero-order valence-corrected chi connectivity index (χ0v) is 14.3. The van der Waals surface area contributed by atoms with E-state index in [1.165, 1.54) is 5.69 Å². The Morgan fingerprint density at radius 1 is 1.33 bits per heavy atom. The summed E-state index contributed by atoms with van der Waals surface area (Å²) < 4.78 is 9.73. The van der Waals surface area contributed by atoms with Gasteiger partial charge >= 0.3 is 0 Å². The van der Waals surface area contributed by atoms with Crippen LogP contribution in [0.15, 0.2) is 30.7 Å². The maximum atomic E-state index is 5.60. The van der Waals surface area contributed by atoms with Crippen LogP contribution in [-0.4, -0.2) is 48.8 Å². The van der Waals surface area contributed by atoms with Gasteiger partial charge in [-0.3, -0.25) is 4.90 Å². The van der Waals surface area contributed by atoms with E-state index in [1.807, 2.05) is 23.7 Å². The van der Waals surface area contributed by atoms with Crippen LogP contribution in [0.4, 0.5) is 0 Å². The number of aromatic nitrogens is 5. The maximum absolute atomic E-state index is 5.60. The molecule has 4 rings (SSSR count). The number of methoxy groups -OCH3 is 1. The molecule has 0 aliphatic carbocycles. The quantitative estimate of drug-likeness (QED) is 0.731. The van der Waals surface area contributed by atoms with Gasteiger partial charge in [0.1, 0.15) is 17.8 Å². The van der Waals surface area contributed by atoms with Gasteiger partial charge in [-0.2, -0.15) is 0 Å². The van der Waals surface area contributed by atoms with Crippen LogP contribution in [0.3, 0.4) is 0 Å². The van der Waals surface area contributed by atoms with E-state index < -0.39 is 0 Å². The lowest BCUT2D eigenvalue weighted by Crippen LogP contribution is -2.26. The molecule has 0 unspecified atom stereocenters. The first-order valence-electron chi connectivity index (χ1n) is 8.20. The normalized spacial score (nSPS) is 21.8. The SMILES string of the molecule is CO[C@@H]1C[C@@H](c2nncn2C)N(Cc2cn3c(C)cccc3n2)C1. The molecule has 0 bridgehead atoms. The number of rotatable bonds is 4. The zero-order valence-electron chi connectivity index (χ0n) is 14.3. The Kier molecular flexibility index (Phi) is 3.82. The Labute approximate surface area is 140 Å². The molecule has 24 heavy (non-hydrogen) atoms. The van der Waals surface area contributed by atoms with E-state index in [0.717, 1.165) is 36.7 Å². The van der Waals surface area contributed by atoms with E-state index in [-0.39, 0.29) is 12.1 Å². The molecule has 0 aromatic carbocycles. The van der Waals surface area contributed by atoms with Crippen molar-refractivity contribution >= 4 is 5.65 Å². The maximum Gasteiger partial charge on any atom is 0.150 e. The van der Waals surface area contributed by atoms with Gasteiger partial charge < -0.3 is 13.7 Å². The molecule has 3 aromatic heterocycles. The smallest absolute Gasteiger partial charge is 0.150 e. The van der Waals surface area contributed by atoms with Crippen molar-refractivity contribution in [2.75, 3.05) is 13.7 Å². The molecule has 0 spiro atoms. The second kappa shape index (κ2) is 5.99. The Hall–Kier alpha value is -2.25. The number of nitrogens with zero attached hydrogens (tertiary/aromatic N) is 6. The summed E-state index contributed by atoms with van der Waals surface area (Å²) in [5.74, 6) is 0.981. The van der Waals surface area contributed by atoms with E-state index in [9.17, 15) is 0 Å². The molecule has 0 radical (unpaired) electrons. The summed E-state index contributed by atoms with van der Waals surface area (Å²) in [7, 11) is 3.76. The third-order valence-corrected chi connectivity index (χ3v) is 4.85. The van der Waals surface area contributed by atoms with Crippen molar-refractivity contribution in [2.24, 2.45) is 7.05 Å². The minimum absolute atomic E-state index is 0.202. The van der Waals surface area contributed by atoms with Crippen LogP contribution in [0.1, 0.15) is 29.7 Å². The molecule has 2 atom stereocenters. The molecule has 4 heterocycles. The van der Waals surface area contributed by atoms with Crippen molar-refractivity contribution in [1.82, 2.24) is 29.0 Å². The van der Waals surface area contributed by atoms with Crippen LogP contribution in [-0.2, 0) is 18.3 Å². The molecule has 126 valence electrons. The van der Waals surface area contributed by atoms with Crippen LogP contribution in [0.5, 0.6) is 0 Å². The largest absolute Gasteiger partial charge is 0.380 e. The van der Waals surface area contributed by atoms with E-state index >= 15 is 0 Å². The van der Waals surface area contributed by atoms with Crippen LogP contribution in [0, 0.1) is 6.92 Å². The number of likely N-dealkylation sites (tertiary alicyclic amines) is 1. The van der Waals surface area contributed by atoms with E-state index in [1.54, 1.807) is 13.4 Å². The molecule has 1 aliphatic rings. The molecule has 0 amide bonds. The fourth-order valence-corrected chi connectivity index (χ4v) is 3.55. The third kappa shape index (κ3) is 2.59. The number of aryl methyl sites for hydroxylation is 2. The fraction of sp³-hybridized carbons (Fsp3) is 0.471. The molecule has 3 aromatic rings. The van der Waals surface area contributed by atoms with Gasteiger partial charge in [-0.25, -0.2) is 4.98 Å². The highest BCUT2D eigenvalue weighted by Gasteiger charge is 2.36. The Bertz CT molecular complexity index is 854. The zero-order chi connectivity index (χ0) is 16.7.